The molecule has 0 aliphatic heterocycles. The fraction of sp³-hybridized carbons (Fsp3) is 0.644. The molecule has 0 fully saturated rings. The molecule has 0 unspecified atom stereocenters. The molecule has 0 bridgehead atoms. The Labute approximate surface area is 329 Å². The maximum Gasteiger partial charge on any atom is 0.469 e. The van der Waals surface area contributed by atoms with Gasteiger partial charge in [0.15, 0.2) is 6.10 Å². The largest absolute Gasteiger partial charge is 0.469 e. The first-order chi connectivity index (χ1) is 26.3. The molecule has 308 valence electrons. The summed E-state index contributed by atoms with van der Waals surface area (Å²) in [4.78, 5) is 42.8. The van der Waals surface area contributed by atoms with Crippen molar-refractivity contribution in [2.45, 2.75) is 174 Å². The molecule has 0 heterocycles. The first-order valence-electron chi connectivity index (χ1n) is 20.9. The predicted octanol–water partition coefficient (Wildman–Crippen LogP) is 12.8. The van der Waals surface area contributed by atoms with Gasteiger partial charge in [0.25, 0.3) is 0 Å². The number of hydrogen-bond donors (Lipinski definition) is 2. The average molecular weight is 775 g/mol. The van der Waals surface area contributed by atoms with E-state index in [-0.39, 0.29) is 19.4 Å². The molecule has 9 heteroatoms. The lowest BCUT2D eigenvalue weighted by Gasteiger charge is -2.18. The van der Waals surface area contributed by atoms with Gasteiger partial charge >= 0.3 is 19.8 Å². The minimum Gasteiger partial charge on any atom is -0.462 e. The van der Waals surface area contributed by atoms with Gasteiger partial charge in [0, 0.05) is 12.8 Å². The molecule has 0 aromatic rings. The minimum absolute atomic E-state index is 0.0818. The van der Waals surface area contributed by atoms with Gasteiger partial charge in [0.1, 0.15) is 6.61 Å². The van der Waals surface area contributed by atoms with Crippen LogP contribution < -0.4 is 0 Å². The second-order valence-corrected chi connectivity index (χ2v) is 14.8. The minimum atomic E-state index is -4.78. The number of rotatable bonds is 37. The Bertz CT molecular complexity index is 1140. The third kappa shape index (κ3) is 42.0. The molecule has 0 saturated heterocycles. The van der Waals surface area contributed by atoms with Crippen molar-refractivity contribution >= 4 is 19.8 Å². The molecule has 0 aliphatic carbocycles. The highest BCUT2D eigenvalue weighted by atomic mass is 31.2. The zero-order chi connectivity index (χ0) is 39.6. The highest BCUT2D eigenvalue weighted by Crippen LogP contribution is 2.36. The Hall–Kier alpha value is -2.77. The Morgan fingerprint density at radius 1 is 0.500 bits per heavy atom. The van der Waals surface area contributed by atoms with Crippen molar-refractivity contribution in [2.75, 3.05) is 13.2 Å². The fourth-order valence-corrected chi connectivity index (χ4v) is 5.69. The number of ether oxygens (including phenoxy) is 2. The molecule has 2 N–H and O–H groups in total. The summed E-state index contributed by atoms with van der Waals surface area (Å²) >= 11 is 0. The number of allylic oxidation sites excluding steroid dienone is 14. The van der Waals surface area contributed by atoms with Crippen molar-refractivity contribution in [1.29, 1.82) is 0 Å². The van der Waals surface area contributed by atoms with Crippen molar-refractivity contribution in [3.05, 3.63) is 85.1 Å². The molecule has 1 atom stereocenters. The van der Waals surface area contributed by atoms with Crippen LogP contribution in [-0.4, -0.2) is 41.0 Å². The van der Waals surface area contributed by atoms with Gasteiger partial charge in [-0.15, -0.1) is 0 Å². The van der Waals surface area contributed by atoms with E-state index in [0.29, 0.717) is 12.8 Å². The van der Waals surface area contributed by atoms with E-state index in [2.05, 4.69) is 91.3 Å². The molecule has 0 amide bonds. The molecule has 0 aliphatic rings. The molecular formula is C45H75O8P. The highest BCUT2D eigenvalue weighted by Gasteiger charge is 2.22. The summed E-state index contributed by atoms with van der Waals surface area (Å²) in [5.74, 6) is -0.993. The number of phosphoric acid groups is 1. The fourth-order valence-electron chi connectivity index (χ4n) is 5.33. The molecule has 0 aromatic heterocycles. The summed E-state index contributed by atoms with van der Waals surface area (Å²) in [6.45, 7) is 3.49. The van der Waals surface area contributed by atoms with Crippen LogP contribution in [0.1, 0.15) is 168 Å². The van der Waals surface area contributed by atoms with E-state index >= 15 is 0 Å². The summed E-state index contributed by atoms with van der Waals surface area (Å²) in [6, 6.07) is 0. The number of hydrogen-bond acceptors (Lipinski definition) is 6. The Balaban J connectivity index is 4.07. The van der Waals surface area contributed by atoms with Gasteiger partial charge in [-0.2, -0.15) is 0 Å². The van der Waals surface area contributed by atoms with Crippen LogP contribution in [0.25, 0.3) is 0 Å². The van der Waals surface area contributed by atoms with Crippen LogP contribution in [0.15, 0.2) is 85.1 Å². The van der Waals surface area contributed by atoms with Crippen LogP contribution in [0.4, 0.5) is 0 Å². The van der Waals surface area contributed by atoms with Crippen LogP contribution in [0.5, 0.6) is 0 Å². The third-order valence-electron chi connectivity index (χ3n) is 8.41. The molecule has 0 aromatic carbocycles. The number of carbonyl (C=O) groups excluding carboxylic acids is 2. The zero-order valence-corrected chi connectivity index (χ0v) is 34.7. The number of carbonyl (C=O) groups is 2. The van der Waals surface area contributed by atoms with Crippen LogP contribution in [0, 0.1) is 0 Å². The van der Waals surface area contributed by atoms with Gasteiger partial charge in [-0.25, -0.2) is 4.57 Å². The quantitative estimate of drug-likeness (QED) is 0.0277. The van der Waals surface area contributed by atoms with E-state index in [9.17, 15) is 14.2 Å². The summed E-state index contributed by atoms with van der Waals surface area (Å²) in [5, 5.41) is 0. The van der Waals surface area contributed by atoms with Gasteiger partial charge in [-0.1, -0.05) is 163 Å². The lowest BCUT2D eigenvalue weighted by atomic mass is 10.1. The summed E-state index contributed by atoms with van der Waals surface area (Å²) in [7, 11) is -4.78. The molecule has 0 spiro atoms. The molecule has 54 heavy (non-hydrogen) atoms. The van der Waals surface area contributed by atoms with Crippen molar-refractivity contribution in [2.24, 2.45) is 0 Å². The van der Waals surface area contributed by atoms with Crippen LogP contribution in [-0.2, 0) is 28.2 Å². The third-order valence-corrected chi connectivity index (χ3v) is 8.90. The zero-order valence-electron chi connectivity index (χ0n) is 33.8. The molecule has 8 nitrogen and oxygen atoms in total. The van der Waals surface area contributed by atoms with E-state index in [0.717, 1.165) is 64.2 Å². The van der Waals surface area contributed by atoms with E-state index in [4.69, 9.17) is 19.3 Å². The molecule has 0 saturated carbocycles. The molecule has 0 rings (SSSR count). The lowest BCUT2D eigenvalue weighted by Crippen LogP contribution is -2.29. The SMILES string of the molecule is CC/C=C/C/C=C/C/C=C/C/C=C/C/C=C/C/C=C/CCC(=O)O[C@H](COC(=O)CCCCCCCCC/C=C/CCCCCCCC)COP(=O)(O)O. The standard InChI is InChI=1S/C45H75O8P/c1-3-5-7-9-11-13-15-17-19-21-22-24-26-28-30-32-34-36-38-40-45(47)53-43(42-52-54(48,49)50)41-51-44(46)39-37-35-33-31-29-27-25-23-20-18-16-14-12-10-8-6-4-2/h5,7,11,13,17-20,22,24,28,30,34,36,43H,3-4,6,8-10,12,14-16,21,23,25-27,29,31-33,35,37-42H2,1-2H3,(H2,48,49,50)/b7-5+,13-11+,19-17+,20-18+,24-22+,30-28+,36-34+/t43-/m1/s1. The van der Waals surface area contributed by atoms with Crippen molar-refractivity contribution in [3.63, 3.8) is 0 Å². The summed E-state index contributed by atoms with van der Waals surface area (Å²) in [6.07, 6.45) is 53.1. The monoisotopic (exact) mass is 775 g/mol. The Morgan fingerprint density at radius 3 is 1.41 bits per heavy atom. The van der Waals surface area contributed by atoms with Crippen LogP contribution >= 0.6 is 7.82 Å². The van der Waals surface area contributed by atoms with Gasteiger partial charge in [0.05, 0.1) is 6.61 Å². The molecular weight excluding hydrogens is 699 g/mol. The Morgan fingerprint density at radius 2 is 0.926 bits per heavy atom. The van der Waals surface area contributed by atoms with Gasteiger partial charge in [-0.05, 0) is 77.0 Å². The van der Waals surface area contributed by atoms with E-state index in [1.54, 1.807) is 0 Å². The number of phosphoric ester groups is 1. The van der Waals surface area contributed by atoms with Gasteiger partial charge in [0.2, 0.25) is 0 Å². The lowest BCUT2D eigenvalue weighted by molar-refractivity contribution is -0.161. The van der Waals surface area contributed by atoms with E-state index < -0.39 is 32.5 Å². The van der Waals surface area contributed by atoms with E-state index in [1.807, 2.05) is 12.2 Å². The number of esters is 2. The maximum atomic E-state index is 12.4. The number of unbranched alkanes of at least 4 members (excludes halogenated alkanes) is 13. The second-order valence-electron chi connectivity index (χ2n) is 13.6. The van der Waals surface area contributed by atoms with Crippen LogP contribution in [0.3, 0.4) is 0 Å². The van der Waals surface area contributed by atoms with Gasteiger partial charge < -0.3 is 19.3 Å². The van der Waals surface area contributed by atoms with E-state index in [1.165, 1.54) is 64.2 Å². The van der Waals surface area contributed by atoms with Crippen molar-refractivity contribution in [1.82, 2.24) is 0 Å². The summed E-state index contributed by atoms with van der Waals surface area (Å²) in [5.41, 5.74) is 0. The van der Waals surface area contributed by atoms with Crippen LogP contribution in [0.2, 0.25) is 0 Å². The Kier molecular flexibility index (Phi) is 37.9. The van der Waals surface area contributed by atoms with Crippen molar-refractivity contribution < 1.29 is 37.9 Å². The molecule has 0 radical (unpaired) electrons. The first kappa shape index (κ1) is 51.2. The van der Waals surface area contributed by atoms with Crippen molar-refractivity contribution in [3.8, 4) is 0 Å². The topological polar surface area (TPSA) is 119 Å². The summed E-state index contributed by atoms with van der Waals surface area (Å²) < 4.78 is 26.3. The normalized spacial score (nSPS) is 13.3. The highest BCUT2D eigenvalue weighted by molar-refractivity contribution is 7.46. The smallest absolute Gasteiger partial charge is 0.462 e. The first-order valence-corrected chi connectivity index (χ1v) is 22.4. The van der Waals surface area contributed by atoms with Gasteiger partial charge in [-0.3, -0.25) is 14.1 Å². The average Bonchev–Trinajstić information content (AvgIpc) is 3.14. The predicted molar refractivity (Wildman–Crippen MR) is 225 cm³/mol. The maximum absolute atomic E-state index is 12.4. The second kappa shape index (κ2) is 39.9.